The van der Waals surface area contributed by atoms with E-state index in [2.05, 4.69) is 35.4 Å². The fourth-order valence-corrected chi connectivity index (χ4v) is 3.70. The maximum atomic E-state index is 13.1. The molecule has 2 aromatic heterocycles. The molecule has 0 fully saturated rings. The SMILES string of the molecule is CC(C)c1c(C#N)cccc1C(=O)Nc1ccc2cnn(-c3cnn(C(C)C)c3)c2c1. The fourth-order valence-electron chi connectivity index (χ4n) is 3.70. The van der Waals surface area contributed by atoms with Gasteiger partial charge in [0.05, 0.1) is 35.7 Å². The third kappa shape index (κ3) is 3.80. The van der Waals surface area contributed by atoms with Crippen LogP contribution in [0.15, 0.2) is 55.0 Å². The highest BCUT2D eigenvalue weighted by Crippen LogP contribution is 2.26. The van der Waals surface area contributed by atoms with Crippen LogP contribution in [0.4, 0.5) is 5.69 Å². The molecule has 0 saturated carbocycles. The first-order chi connectivity index (χ1) is 14.9. The summed E-state index contributed by atoms with van der Waals surface area (Å²) in [7, 11) is 0. The number of nitrogens with zero attached hydrogens (tertiary/aromatic N) is 5. The van der Waals surface area contributed by atoms with E-state index in [9.17, 15) is 10.1 Å². The molecule has 0 bridgehead atoms. The molecule has 2 heterocycles. The number of amides is 1. The van der Waals surface area contributed by atoms with Crippen molar-refractivity contribution >= 4 is 22.5 Å². The molecular weight excluding hydrogens is 388 g/mol. The summed E-state index contributed by atoms with van der Waals surface area (Å²) >= 11 is 0. The lowest BCUT2D eigenvalue weighted by atomic mass is 9.92. The van der Waals surface area contributed by atoms with E-state index in [1.54, 1.807) is 30.6 Å². The lowest BCUT2D eigenvalue weighted by Gasteiger charge is -2.14. The van der Waals surface area contributed by atoms with Gasteiger partial charge in [-0.25, -0.2) is 4.68 Å². The summed E-state index contributed by atoms with van der Waals surface area (Å²) in [4.78, 5) is 13.1. The molecule has 0 radical (unpaired) electrons. The Hall–Kier alpha value is -3.92. The van der Waals surface area contributed by atoms with Crippen molar-refractivity contribution in [1.29, 1.82) is 5.26 Å². The summed E-state index contributed by atoms with van der Waals surface area (Å²) in [6, 6.07) is 13.4. The molecule has 7 heteroatoms. The van der Waals surface area contributed by atoms with Gasteiger partial charge >= 0.3 is 0 Å². The largest absolute Gasteiger partial charge is 0.322 e. The van der Waals surface area contributed by atoms with Crippen LogP contribution in [0.3, 0.4) is 0 Å². The summed E-state index contributed by atoms with van der Waals surface area (Å²) in [5.41, 5.74) is 4.19. The van der Waals surface area contributed by atoms with Gasteiger partial charge < -0.3 is 5.32 Å². The zero-order valence-corrected chi connectivity index (χ0v) is 18.0. The predicted octanol–water partition coefficient (Wildman–Crippen LogP) is 5.05. The van der Waals surface area contributed by atoms with Crippen molar-refractivity contribution in [3.8, 4) is 11.8 Å². The third-order valence-electron chi connectivity index (χ3n) is 5.24. The molecule has 4 rings (SSSR count). The number of fused-ring (bicyclic) bond motifs is 1. The number of anilines is 1. The first kappa shape index (κ1) is 20.4. The van der Waals surface area contributed by atoms with E-state index in [-0.39, 0.29) is 17.9 Å². The van der Waals surface area contributed by atoms with Crippen molar-refractivity contribution < 1.29 is 4.79 Å². The van der Waals surface area contributed by atoms with Crippen LogP contribution in [0, 0.1) is 11.3 Å². The maximum Gasteiger partial charge on any atom is 0.255 e. The van der Waals surface area contributed by atoms with Crippen molar-refractivity contribution in [2.45, 2.75) is 39.7 Å². The van der Waals surface area contributed by atoms with Crippen LogP contribution >= 0.6 is 0 Å². The number of nitriles is 1. The highest BCUT2D eigenvalue weighted by atomic mass is 16.1. The highest BCUT2D eigenvalue weighted by molar-refractivity contribution is 6.06. The molecule has 31 heavy (non-hydrogen) atoms. The van der Waals surface area contributed by atoms with Gasteiger partial charge in [-0.1, -0.05) is 19.9 Å². The topological polar surface area (TPSA) is 88.5 Å². The lowest BCUT2D eigenvalue weighted by Crippen LogP contribution is -2.16. The molecule has 1 N–H and O–H groups in total. The van der Waals surface area contributed by atoms with Gasteiger partial charge in [-0.3, -0.25) is 9.48 Å². The van der Waals surface area contributed by atoms with Crippen LogP contribution in [-0.2, 0) is 0 Å². The normalized spacial score (nSPS) is 11.3. The van der Waals surface area contributed by atoms with E-state index in [0.717, 1.165) is 22.2 Å². The number of rotatable bonds is 5. The molecule has 4 aromatic rings. The zero-order chi connectivity index (χ0) is 22.1. The van der Waals surface area contributed by atoms with E-state index in [1.807, 2.05) is 47.6 Å². The Morgan fingerprint density at radius 2 is 1.90 bits per heavy atom. The number of benzene rings is 2. The van der Waals surface area contributed by atoms with Gasteiger partial charge in [0.1, 0.15) is 5.69 Å². The molecule has 0 saturated heterocycles. The second-order valence-electron chi connectivity index (χ2n) is 8.09. The molecule has 0 spiro atoms. The molecule has 0 aliphatic carbocycles. The second kappa shape index (κ2) is 8.07. The summed E-state index contributed by atoms with van der Waals surface area (Å²) < 4.78 is 3.69. The molecule has 2 aromatic carbocycles. The van der Waals surface area contributed by atoms with Gasteiger partial charge in [-0.15, -0.1) is 0 Å². The van der Waals surface area contributed by atoms with E-state index in [1.165, 1.54) is 0 Å². The molecule has 0 unspecified atom stereocenters. The van der Waals surface area contributed by atoms with Crippen molar-refractivity contribution in [2.24, 2.45) is 0 Å². The number of nitrogens with one attached hydrogen (secondary N) is 1. The first-order valence-corrected chi connectivity index (χ1v) is 10.3. The van der Waals surface area contributed by atoms with Crippen molar-refractivity contribution in [3.05, 3.63) is 71.7 Å². The predicted molar refractivity (Wildman–Crippen MR) is 120 cm³/mol. The number of aromatic nitrogens is 4. The Balaban J connectivity index is 1.69. The molecule has 1 amide bonds. The Labute approximate surface area is 180 Å². The number of carbonyl (C=O) groups excluding carboxylic acids is 1. The van der Waals surface area contributed by atoms with Crippen LogP contribution < -0.4 is 5.32 Å². The Kier molecular flexibility index (Phi) is 5.30. The third-order valence-corrected chi connectivity index (χ3v) is 5.24. The van der Waals surface area contributed by atoms with Crippen LogP contribution in [0.25, 0.3) is 16.6 Å². The highest BCUT2D eigenvalue weighted by Gasteiger charge is 2.18. The van der Waals surface area contributed by atoms with E-state index < -0.39 is 0 Å². The molecule has 0 aliphatic rings. The van der Waals surface area contributed by atoms with E-state index in [4.69, 9.17) is 0 Å². The van der Waals surface area contributed by atoms with Crippen LogP contribution in [0.1, 0.15) is 61.1 Å². The lowest BCUT2D eigenvalue weighted by molar-refractivity contribution is 0.102. The van der Waals surface area contributed by atoms with Crippen LogP contribution in [0.2, 0.25) is 0 Å². The molecule has 0 aliphatic heterocycles. The Morgan fingerprint density at radius 1 is 1.10 bits per heavy atom. The molecular formula is C24H24N6O. The standard InChI is InChI=1S/C24H24N6O/c1-15(2)23-17(11-25)6-5-7-21(23)24(31)28-19-9-8-18-12-27-30(22(18)10-19)20-13-26-29(14-20)16(3)4/h5-10,12-16H,1-4H3,(H,28,31). The first-order valence-electron chi connectivity index (χ1n) is 10.3. The van der Waals surface area contributed by atoms with Crippen molar-refractivity contribution in [1.82, 2.24) is 19.6 Å². The van der Waals surface area contributed by atoms with Crippen LogP contribution in [-0.4, -0.2) is 25.5 Å². The van der Waals surface area contributed by atoms with Gasteiger partial charge in [0.15, 0.2) is 0 Å². The monoisotopic (exact) mass is 412 g/mol. The van der Waals surface area contributed by atoms with Gasteiger partial charge in [0.2, 0.25) is 0 Å². The second-order valence-corrected chi connectivity index (χ2v) is 8.09. The molecule has 156 valence electrons. The minimum absolute atomic E-state index is 0.0537. The van der Waals surface area contributed by atoms with Gasteiger partial charge in [-0.2, -0.15) is 15.5 Å². The summed E-state index contributed by atoms with van der Waals surface area (Å²) in [6.45, 7) is 8.10. The van der Waals surface area contributed by atoms with Gasteiger partial charge in [-0.05, 0) is 55.7 Å². The van der Waals surface area contributed by atoms with E-state index >= 15 is 0 Å². The molecule has 7 nitrogen and oxygen atoms in total. The number of hydrogen-bond acceptors (Lipinski definition) is 4. The summed E-state index contributed by atoms with van der Waals surface area (Å²) in [5, 5.41) is 22.3. The average Bonchev–Trinajstić information content (AvgIpc) is 3.39. The number of hydrogen-bond donors (Lipinski definition) is 1. The Bertz CT molecular complexity index is 1310. The van der Waals surface area contributed by atoms with E-state index in [0.29, 0.717) is 16.8 Å². The smallest absolute Gasteiger partial charge is 0.255 e. The zero-order valence-electron chi connectivity index (χ0n) is 18.0. The average molecular weight is 412 g/mol. The summed E-state index contributed by atoms with van der Waals surface area (Å²) in [6.07, 6.45) is 5.52. The van der Waals surface area contributed by atoms with Crippen molar-refractivity contribution in [2.75, 3.05) is 5.32 Å². The fraction of sp³-hybridized carbons (Fsp3) is 0.250. The quantitative estimate of drug-likeness (QED) is 0.497. The van der Waals surface area contributed by atoms with Gasteiger partial charge in [0.25, 0.3) is 5.91 Å². The minimum atomic E-state index is -0.237. The maximum absolute atomic E-state index is 13.1. The minimum Gasteiger partial charge on any atom is -0.322 e. The van der Waals surface area contributed by atoms with Crippen LogP contribution in [0.5, 0.6) is 0 Å². The Morgan fingerprint density at radius 3 is 2.58 bits per heavy atom. The number of carbonyl (C=O) groups is 1. The molecule has 0 atom stereocenters. The summed E-state index contributed by atoms with van der Waals surface area (Å²) in [5.74, 6) is -0.183. The van der Waals surface area contributed by atoms with Crippen molar-refractivity contribution in [3.63, 3.8) is 0 Å². The van der Waals surface area contributed by atoms with Gasteiger partial charge in [0, 0.05) is 22.7 Å².